The van der Waals surface area contributed by atoms with Gasteiger partial charge in [0.25, 0.3) is 0 Å². The molecule has 4 rings (SSSR count). The second-order valence-corrected chi connectivity index (χ2v) is 9.87. The van der Waals surface area contributed by atoms with Crippen LogP contribution in [-0.2, 0) is 17.8 Å². The topological polar surface area (TPSA) is 44.4 Å². The Morgan fingerprint density at radius 1 is 0.971 bits per heavy atom. The van der Waals surface area contributed by atoms with E-state index in [1.165, 1.54) is 22.8 Å². The number of rotatable bonds is 10. The predicted molar refractivity (Wildman–Crippen MR) is 140 cm³/mol. The number of carbonyl (C=O) groups is 1. The number of hydrogen-bond donors (Lipinski definition) is 2. The Morgan fingerprint density at radius 3 is 2.37 bits per heavy atom. The summed E-state index contributed by atoms with van der Waals surface area (Å²) in [5.41, 5.74) is 4.30. The van der Waals surface area contributed by atoms with Crippen LogP contribution >= 0.6 is 0 Å². The molecule has 1 aliphatic heterocycles. The number of carbonyl (C=O) groups excluding carboxylic acids is 1. The monoisotopic (exact) mass is 473 g/mol. The first-order valence-electron chi connectivity index (χ1n) is 12.6. The molecule has 35 heavy (non-hydrogen) atoms. The van der Waals surface area contributed by atoms with Crippen LogP contribution in [0.3, 0.4) is 0 Å². The Bertz CT molecular complexity index is 1080. The molecule has 0 unspecified atom stereocenters. The lowest BCUT2D eigenvalue weighted by atomic mass is 10.0. The van der Waals surface area contributed by atoms with E-state index in [4.69, 9.17) is 0 Å². The van der Waals surface area contributed by atoms with Crippen LogP contribution in [0.15, 0.2) is 78.9 Å². The third-order valence-corrected chi connectivity index (χ3v) is 6.61. The summed E-state index contributed by atoms with van der Waals surface area (Å²) in [7, 11) is 0. The molecule has 1 saturated heterocycles. The van der Waals surface area contributed by atoms with Crippen LogP contribution in [0.25, 0.3) is 11.1 Å². The van der Waals surface area contributed by atoms with Gasteiger partial charge in [-0.2, -0.15) is 0 Å². The highest BCUT2D eigenvalue weighted by Crippen LogP contribution is 2.22. The Balaban J connectivity index is 1.30. The largest absolute Gasteiger partial charge is 0.354 e. The Hall–Kier alpha value is -3.02. The van der Waals surface area contributed by atoms with Gasteiger partial charge in [-0.3, -0.25) is 9.69 Å². The Morgan fingerprint density at radius 2 is 1.66 bits per heavy atom. The molecule has 2 N–H and O–H groups in total. The normalized spacial score (nSPS) is 18.2. The van der Waals surface area contributed by atoms with Crippen LogP contribution in [0.4, 0.5) is 4.39 Å². The summed E-state index contributed by atoms with van der Waals surface area (Å²) in [6, 6.07) is 25.9. The summed E-state index contributed by atoms with van der Waals surface area (Å²) in [6.07, 6.45) is 1.27. The molecule has 3 aromatic carbocycles. The van der Waals surface area contributed by atoms with Crippen LogP contribution in [0.1, 0.15) is 31.4 Å². The van der Waals surface area contributed by atoms with Gasteiger partial charge >= 0.3 is 0 Å². The minimum atomic E-state index is -0.217. The van der Waals surface area contributed by atoms with E-state index in [-0.39, 0.29) is 23.8 Å². The van der Waals surface area contributed by atoms with Gasteiger partial charge in [-0.15, -0.1) is 0 Å². The van der Waals surface area contributed by atoms with Gasteiger partial charge < -0.3 is 10.6 Å². The highest BCUT2D eigenvalue weighted by Gasteiger charge is 2.36. The fraction of sp³-hybridized carbons (Fsp3) is 0.367. The van der Waals surface area contributed by atoms with Crippen molar-refractivity contribution < 1.29 is 9.18 Å². The average molecular weight is 474 g/mol. The molecule has 1 amide bonds. The molecule has 184 valence electrons. The van der Waals surface area contributed by atoms with Crippen molar-refractivity contribution in [2.75, 3.05) is 19.6 Å². The summed E-state index contributed by atoms with van der Waals surface area (Å²) in [4.78, 5) is 15.3. The maximum absolute atomic E-state index is 13.9. The quantitative estimate of drug-likeness (QED) is 0.434. The third kappa shape index (κ3) is 7.00. The molecule has 0 aromatic heterocycles. The molecule has 3 aromatic rings. The maximum atomic E-state index is 13.9. The first-order valence-corrected chi connectivity index (χ1v) is 12.6. The zero-order valence-electron chi connectivity index (χ0n) is 20.7. The minimum Gasteiger partial charge on any atom is -0.354 e. The van der Waals surface area contributed by atoms with E-state index in [0.29, 0.717) is 24.4 Å². The van der Waals surface area contributed by atoms with Gasteiger partial charge in [-0.05, 0) is 47.1 Å². The van der Waals surface area contributed by atoms with Crippen molar-refractivity contribution in [3.63, 3.8) is 0 Å². The lowest BCUT2D eigenvalue weighted by molar-refractivity contribution is -0.125. The maximum Gasteiger partial charge on any atom is 0.237 e. The van der Waals surface area contributed by atoms with Crippen LogP contribution in [0.5, 0.6) is 0 Å². The number of benzene rings is 3. The van der Waals surface area contributed by atoms with Gasteiger partial charge in [0.15, 0.2) is 0 Å². The van der Waals surface area contributed by atoms with Gasteiger partial charge in [0.1, 0.15) is 5.82 Å². The van der Waals surface area contributed by atoms with Crippen LogP contribution < -0.4 is 10.6 Å². The molecule has 2 atom stereocenters. The molecule has 5 heteroatoms. The lowest BCUT2D eigenvalue weighted by Crippen LogP contribution is -2.45. The molecule has 0 saturated carbocycles. The fourth-order valence-corrected chi connectivity index (χ4v) is 4.84. The van der Waals surface area contributed by atoms with Gasteiger partial charge in [0, 0.05) is 32.2 Å². The van der Waals surface area contributed by atoms with Gasteiger partial charge in [-0.25, -0.2) is 4.39 Å². The van der Waals surface area contributed by atoms with Crippen LogP contribution in [0, 0.1) is 11.7 Å². The van der Waals surface area contributed by atoms with Crippen molar-refractivity contribution in [2.45, 2.75) is 45.3 Å². The van der Waals surface area contributed by atoms with E-state index in [2.05, 4.69) is 77.9 Å². The van der Waals surface area contributed by atoms with Crippen molar-refractivity contribution in [1.29, 1.82) is 0 Å². The molecule has 1 fully saturated rings. The number of likely N-dealkylation sites (tertiary alicyclic amines) is 1. The average Bonchev–Trinajstić information content (AvgIpc) is 3.27. The second kappa shape index (κ2) is 12.1. The zero-order valence-corrected chi connectivity index (χ0v) is 20.7. The highest BCUT2D eigenvalue weighted by atomic mass is 19.1. The summed E-state index contributed by atoms with van der Waals surface area (Å²) >= 11 is 0. The van der Waals surface area contributed by atoms with Gasteiger partial charge in [0.2, 0.25) is 5.91 Å². The first-order chi connectivity index (χ1) is 17.0. The fourth-order valence-electron chi connectivity index (χ4n) is 4.84. The number of hydrogen-bond acceptors (Lipinski definition) is 3. The number of nitrogens with one attached hydrogen (secondary N) is 2. The first kappa shape index (κ1) is 25.1. The number of amides is 1. The van der Waals surface area contributed by atoms with E-state index in [9.17, 15) is 9.18 Å². The van der Waals surface area contributed by atoms with Crippen molar-refractivity contribution >= 4 is 5.91 Å². The smallest absolute Gasteiger partial charge is 0.237 e. The standard InChI is InChI=1S/C30H36FN3O/c1-22(2)20-34-21-27(18-29(34)30(35)32-17-16-26-10-6-7-11-28(26)31)33-19-23-12-14-25(15-13-23)24-8-4-3-5-9-24/h3-15,22,27,29,33H,16-21H2,1-2H3,(H,32,35)/t27-,29+/m1/s1. The predicted octanol–water partition coefficient (Wildman–Crippen LogP) is 5.04. The number of halogens is 1. The van der Waals surface area contributed by atoms with E-state index in [0.717, 1.165) is 26.1 Å². The summed E-state index contributed by atoms with van der Waals surface area (Å²) in [5, 5.41) is 6.71. The summed E-state index contributed by atoms with van der Waals surface area (Å²) in [5.74, 6) is 0.302. The van der Waals surface area contributed by atoms with Crippen LogP contribution in [0.2, 0.25) is 0 Å². The second-order valence-electron chi connectivity index (χ2n) is 9.87. The minimum absolute atomic E-state index is 0.0403. The van der Waals surface area contributed by atoms with Crippen LogP contribution in [-0.4, -0.2) is 42.5 Å². The van der Waals surface area contributed by atoms with Crippen molar-refractivity contribution in [2.24, 2.45) is 5.92 Å². The van der Waals surface area contributed by atoms with Crippen molar-refractivity contribution in [3.05, 3.63) is 95.8 Å². The molecular weight excluding hydrogens is 437 g/mol. The summed E-state index contributed by atoms with van der Waals surface area (Å²) in [6.45, 7) is 7.32. The molecule has 0 radical (unpaired) electrons. The number of nitrogens with zero attached hydrogens (tertiary/aromatic N) is 1. The molecule has 4 nitrogen and oxygen atoms in total. The Kier molecular flexibility index (Phi) is 8.67. The van der Waals surface area contributed by atoms with E-state index < -0.39 is 0 Å². The molecular formula is C30H36FN3O. The molecule has 1 heterocycles. The van der Waals surface area contributed by atoms with E-state index >= 15 is 0 Å². The van der Waals surface area contributed by atoms with Crippen molar-refractivity contribution in [1.82, 2.24) is 15.5 Å². The van der Waals surface area contributed by atoms with Gasteiger partial charge in [0.05, 0.1) is 6.04 Å². The third-order valence-electron chi connectivity index (χ3n) is 6.61. The SMILES string of the molecule is CC(C)CN1C[C@H](NCc2ccc(-c3ccccc3)cc2)C[C@H]1C(=O)NCCc1ccccc1F. The molecule has 0 spiro atoms. The van der Waals surface area contributed by atoms with E-state index in [1.54, 1.807) is 12.1 Å². The lowest BCUT2D eigenvalue weighted by Gasteiger charge is -2.25. The molecule has 1 aliphatic rings. The van der Waals surface area contributed by atoms with Gasteiger partial charge in [-0.1, -0.05) is 86.6 Å². The zero-order chi connectivity index (χ0) is 24.6. The summed E-state index contributed by atoms with van der Waals surface area (Å²) < 4.78 is 13.9. The highest BCUT2D eigenvalue weighted by molar-refractivity contribution is 5.82. The van der Waals surface area contributed by atoms with Crippen molar-refractivity contribution in [3.8, 4) is 11.1 Å². The van der Waals surface area contributed by atoms with E-state index in [1.807, 2.05) is 12.1 Å². The Labute approximate surface area is 208 Å². The molecule has 0 aliphatic carbocycles. The molecule has 0 bridgehead atoms.